The predicted octanol–water partition coefficient (Wildman–Crippen LogP) is 5.54. The fourth-order valence-electron chi connectivity index (χ4n) is 1.84. The van der Waals surface area contributed by atoms with Crippen molar-refractivity contribution in [3.63, 3.8) is 0 Å². The highest BCUT2D eigenvalue weighted by atomic mass is 35.5. The van der Waals surface area contributed by atoms with Crippen molar-refractivity contribution in [2.24, 2.45) is 5.73 Å². The molecule has 100 valence electrons. The molecule has 0 radical (unpaired) electrons. The minimum atomic E-state index is -0.273. The van der Waals surface area contributed by atoms with Crippen molar-refractivity contribution in [2.75, 3.05) is 0 Å². The van der Waals surface area contributed by atoms with Crippen molar-refractivity contribution in [3.8, 4) is 0 Å². The van der Waals surface area contributed by atoms with Gasteiger partial charge in [-0.25, -0.2) is 0 Å². The second-order valence-electron chi connectivity index (χ2n) is 4.19. The molecule has 0 amide bonds. The average molecular weight is 335 g/mol. The van der Waals surface area contributed by atoms with Gasteiger partial charge in [0.05, 0.1) is 10.0 Å². The molecule has 1 unspecified atom stereocenters. The first-order chi connectivity index (χ1) is 8.99. The summed E-state index contributed by atoms with van der Waals surface area (Å²) in [5.41, 5.74) is 7.90. The van der Waals surface area contributed by atoms with Gasteiger partial charge in [0, 0.05) is 16.1 Å². The quantitative estimate of drug-likeness (QED) is 0.783. The summed E-state index contributed by atoms with van der Waals surface area (Å²) in [4.78, 5) is 0. The molecule has 0 aromatic heterocycles. The van der Waals surface area contributed by atoms with Gasteiger partial charge in [0.2, 0.25) is 0 Å². The lowest BCUT2D eigenvalue weighted by Gasteiger charge is -2.15. The molecule has 2 aromatic rings. The van der Waals surface area contributed by atoms with E-state index >= 15 is 0 Å². The van der Waals surface area contributed by atoms with Crippen molar-refractivity contribution in [3.05, 3.63) is 67.6 Å². The number of rotatable bonds is 3. The Kier molecular flexibility index (Phi) is 4.99. The third kappa shape index (κ3) is 3.56. The first kappa shape index (κ1) is 15.0. The molecule has 19 heavy (non-hydrogen) atoms. The van der Waals surface area contributed by atoms with Crippen LogP contribution in [-0.4, -0.2) is 0 Å². The Labute approximate surface area is 132 Å². The zero-order chi connectivity index (χ0) is 14.0. The molecule has 0 spiro atoms. The van der Waals surface area contributed by atoms with Crippen molar-refractivity contribution >= 4 is 46.4 Å². The van der Waals surface area contributed by atoms with Crippen LogP contribution in [0, 0.1) is 0 Å². The van der Waals surface area contributed by atoms with Crippen molar-refractivity contribution in [1.82, 2.24) is 0 Å². The van der Waals surface area contributed by atoms with E-state index < -0.39 is 0 Å². The molecule has 1 nitrogen and oxygen atoms in total. The summed E-state index contributed by atoms with van der Waals surface area (Å²) in [6, 6.07) is 10.5. The molecule has 0 saturated heterocycles. The number of benzene rings is 2. The second kappa shape index (κ2) is 6.34. The summed E-state index contributed by atoms with van der Waals surface area (Å²) in [6.45, 7) is 0. The maximum absolute atomic E-state index is 6.17. The van der Waals surface area contributed by atoms with Crippen molar-refractivity contribution in [2.45, 2.75) is 12.5 Å². The average Bonchev–Trinajstić information content (AvgIpc) is 2.36. The Balaban J connectivity index is 2.25. The highest BCUT2D eigenvalue weighted by Gasteiger charge is 2.14. The van der Waals surface area contributed by atoms with E-state index in [0.29, 0.717) is 26.5 Å². The van der Waals surface area contributed by atoms with Crippen LogP contribution in [0.25, 0.3) is 0 Å². The maximum Gasteiger partial charge on any atom is 0.0640 e. The number of hydrogen-bond acceptors (Lipinski definition) is 1. The van der Waals surface area contributed by atoms with Gasteiger partial charge >= 0.3 is 0 Å². The fourth-order valence-corrected chi connectivity index (χ4v) is 2.77. The van der Waals surface area contributed by atoms with Crippen LogP contribution in [0.4, 0.5) is 0 Å². The van der Waals surface area contributed by atoms with E-state index in [1.54, 1.807) is 18.2 Å². The van der Waals surface area contributed by atoms with E-state index in [9.17, 15) is 0 Å². The van der Waals surface area contributed by atoms with Gasteiger partial charge in [0.25, 0.3) is 0 Å². The van der Waals surface area contributed by atoms with Crippen LogP contribution in [0.2, 0.25) is 20.1 Å². The third-order valence-electron chi connectivity index (χ3n) is 2.84. The Morgan fingerprint density at radius 3 is 2.37 bits per heavy atom. The van der Waals surface area contributed by atoms with E-state index in [4.69, 9.17) is 52.1 Å². The van der Waals surface area contributed by atoms with E-state index in [0.717, 1.165) is 11.1 Å². The number of nitrogens with two attached hydrogens (primary N) is 1. The van der Waals surface area contributed by atoms with E-state index in [1.807, 2.05) is 18.2 Å². The number of halogens is 4. The van der Waals surface area contributed by atoms with E-state index in [2.05, 4.69) is 0 Å². The molecular formula is C14H11Cl4N. The normalized spacial score (nSPS) is 12.5. The molecule has 2 N–H and O–H groups in total. The van der Waals surface area contributed by atoms with Crippen molar-refractivity contribution < 1.29 is 0 Å². The van der Waals surface area contributed by atoms with Crippen LogP contribution < -0.4 is 5.73 Å². The molecule has 1 atom stereocenters. The standard InChI is InChI=1S/C14H11Cl4N/c15-9-5-4-8(12(17)7-9)6-13(19)10-2-1-3-11(16)14(10)18/h1-5,7,13H,6,19H2. The lowest BCUT2D eigenvalue weighted by molar-refractivity contribution is 0.722. The van der Waals surface area contributed by atoms with Gasteiger partial charge < -0.3 is 5.73 Å². The second-order valence-corrected chi connectivity index (χ2v) is 5.82. The summed E-state index contributed by atoms with van der Waals surface area (Å²) in [5, 5.41) is 2.18. The Bertz CT molecular complexity index is 598. The van der Waals surface area contributed by atoms with Crippen LogP contribution in [0.5, 0.6) is 0 Å². The first-order valence-electron chi connectivity index (χ1n) is 5.62. The molecule has 0 saturated carbocycles. The number of hydrogen-bond donors (Lipinski definition) is 1. The molecule has 0 aliphatic heterocycles. The Morgan fingerprint density at radius 1 is 0.947 bits per heavy atom. The SMILES string of the molecule is NC(Cc1ccc(Cl)cc1Cl)c1cccc(Cl)c1Cl. The molecule has 0 bridgehead atoms. The lowest BCUT2D eigenvalue weighted by atomic mass is 9.99. The fraction of sp³-hybridized carbons (Fsp3) is 0.143. The molecule has 2 rings (SSSR count). The maximum atomic E-state index is 6.17. The molecule has 0 aliphatic carbocycles. The summed E-state index contributed by atoms with van der Waals surface area (Å²) in [7, 11) is 0. The van der Waals surface area contributed by atoms with Crippen LogP contribution in [0.15, 0.2) is 36.4 Å². The zero-order valence-electron chi connectivity index (χ0n) is 9.84. The topological polar surface area (TPSA) is 26.0 Å². The minimum absolute atomic E-state index is 0.273. The van der Waals surface area contributed by atoms with Crippen LogP contribution >= 0.6 is 46.4 Å². The van der Waals surface area contributed by atoms with E-state index in [-0.39, 0.29) is 6.04 Å². The molecule has 0 fully saturated rings. The summed E-state index contributed by atoms with van der Waals surface area (Å²) >= 11 is 24.1. The Morgan fingerprint density at radius 2 is 1.68 bits per heavy atom. The van der Waals surface area contributed by atoms with Crippen molar-refractivity contribution in [1.29, 1.82) is 0 Å². The van der Waals surface area contributed by atoms with Crippen LogP contribution in [-0.2, 0) is 6.42 Å². The molecule has 0 heterocycles. The molecule has 5 heteroatoms. The van der Waals surface area contributed by atoms with Gasteiger partial charge in [0.15, 0.2) is 0 Å². The first-order valence-corrected chi connectivity index (χ1v) is 7.13. The highest BCUT2D eigenvalue weighted by Crippen LogP contribution is 2.32. The minimum Gasteiger partial charge on any atom is -0.324 e. The molecule has 2 aromatic carbocycles. The van der Waals surface area contributed by atoms with Gasteiger partial charge in [-0.1, -0.05) is 64.6 Å². The summed E-state index contributed by atoms with van der Waals surface area (Å²) < 4.78 is 0. The van der Waals surface area contributed by atoms with Gasteiger partial charge in [-0.15, -0.1) is 0 Å². The highest BCUT2D eigenvalue weighted by molar-refractivity contribution is 6.42. The Hall–Kier alpha value is -0.440. The van der Waals surface area contributed by atoms with Gasteiger partial charge in [-0.2, -0.15) is 0 Å². The predicted molar refractivity (Wildman–Crippen MR) is 83.6 cm³/mol. The van der Waals surface area contributed by atoms with Gasteiger partial charge in [-0.05, 0) is 35.7 Å². The molecule has 0 aliphatic rings. The van der Waals surface area contributed by atoms with Gasteiger partial charge in [-0.3, -0.25) is 0 Å². The van der Waals surface area contributed by atoms with Crippen LogP contribution in [0.3, 0.4) is 0 Å². The molecular weight excluding hydrogens is 324 g/mol. The van der Waals surface area contributed by atoms with Gasteiger partial charge in [0.1, 0.15) is 0 Å². The smallest absolute Gasteiger partial charge is 0.0640 e. The lowest BCUT2D eigenvalue weighted by Crippen LogP contribution is -2.14. The third-order valence-corrected chi connectivity index (χ3v) is 4.26. The zero-order valence-corrected chi connectivity index (χ0v) is 12.9. The summed E-state index contributed by atoms with van der Waals surface area (Å²) in [6.07, 6.45) is 0.566. The monoisotopic (exact) mass is 333 g/mol. The largest absolute Gasteiger partial charge is 0.324 e. The van der Waals surface area contributed by atoms with Crippen LogP contribution in [0.1, 0.15) is 17.2 Å². The van der Waals surface area contributed by atoms with E-state index in [1.165, 1.54) is 0 Å². The summed E-state index contributed by atoms with van der Waals surface area (Å²) in [5.74, 6) is 0.